The number of amides is 1. The van der Waals surface area contributed by atoms with Crippen molar-refractivity contribution in [3.05, 3.63) is 29.8 Å². The first-order valence-corrected chi connectivity index (χ1v) is 9.83. The quantitative estimate of drug-likeness (QED) is 0.283. The highest BCUT2D eigenvalue weighted by atomic mass is 127. The average molecular weight is 518 g/mol. The fourth-order valence-corrected chi connectivity index (χ4v) is 3.21. The SMILES string of the molecule is CN=C(NCc1cccc(OCC(=O)N(C)C)c1)NCC1(CCOC)CCC1.I. The zero-order valence-electron chi connectivity index (χ0n) is 18.0. The topological polar surface area (TPSA) is 75.2 Å². The van der Waals surface area contributed by atoms with Gasteiger partial charge in [0.25, 0.3) is 5.91 Å². The maximum absolute atomic E-state index is 11.7. The molecular weight excluding hydrogens is 483 g/mol. The molecule has 0 bridgehead atoms. The van der Waals surface area contributed by atoms with Gasteiger partial charge in [0, 0.05) is 47.9 Å². The van der Waals surface area contributed by atoms with Gasteiger partial charge in [0.1, 0.15) is 5.75 Å². The molecule has 0 saturated heterocycles. The number of methoxy groups -OCH3 is 1. The number of nitrogens with zero attached hydrogens (tertiary/aromatic N) is 2. The summed E-state index contributed by atoms with van der Waals surface area (Å²) in [5, 5.41) is 6.81. The molecule has 1 aliphatic carbocycles. The van der Waals surface area contributed by atoms with Gasteiger partial charge in [0.05, 0.1) is 0 Å². The molecule has 2 N–H and O–H groups in total. The average Bonchev–Trinajstić information content (AvgIpc) is 2.67. The summed E-state index contributed by atoms with van der Waals surface area (Å²) in [5.74, 6) is 1.41. The molecule has 0 aromatic heterocycles. The molecule has 0 radical (unpaired) electrons. The van der Waals surface area contributed by atoms with Crippen LogP contribution in [-0.4, -0.2) is 64.8 Å². The maximum atomic E-state index is 11.7. The van der Waals surface area contributed by atoms with E-state index in [1.165, 1.54) is 24.2 Å². The lowest BCUT2D eigenvalue weighted by Crippen LogP contribution is -2.46. The molecule has 29 heavy (non-hydrogen) atoms. The van der Waals surface area contributed by atoms with E-state index in [2.05, 4.69) is 15.6 Å². The van der Waals surface area contributed by atoms with Crippen molar-refractivity contribution in [2.24, 2.45) is 10.4 Å². The van der Waals surface area contributed by atoms with Gasteiger partial charge in [-0.3, -0.25) is 9.79 Å². The van der Waals surface area contributed by atoms with Gasteiger partial charge in [0.2, 0.25) is 0 Å². The third-order valence-corrected chi connectivity index (χ3v) is 5.32. The Morgan fingerprint density at radius 2 is 2.03 bits per heavy atom. The first-order chi connectivity index (χ1) is 13.5. The summed E-state index contributed by atoms with van der Waals surface area (Å²) in [6.45, 7) is 2.38. The van der Waals surface area contributed by atoms with Crippen LogP contribution in [0.2, 0.25) is 0 Å². The molecule has 0 atom stereocenters. The second kappa shape index (κ2) is 12.9. The molecule has 1 saturated carbocycles. The fourth-order valence-electron chi connectivity index (χ4n) is 3.21. The summed E-state index contributed by atoms with van der Waals surface area (Å²) >= 11 is 0. The Kier molecular flexibility index (Phi) is 11.3. The number of ether oxygens (including phenoxy) is 2. The number of halogens is 1. The molecular formula is C21H35IN4O3. The Morgan fingerprint density at radius 1 is 1.28 bits per heavy atom. The summed E-state index contributed by atoms with van der Waals surface area (Å²) in [5.41, 5.74) is 1.40. The molecule has 2 rings (SSSR count). The number of hydrogen-bond donors (Lipinski definition) is 2. The lowest BCUT2D eigenvalue weighted by atomic mass is 9.67. The Hall–Kier alpha value is -1.55. The predicted molar refractivity (Wildman–Crippen MR) is 127 cm³/mol. The highest BCUT2D eigenvalue weighted by molar-refractivity contribution is 14.0. The predicted octanol–water partition coefficient (Wildman–Crippen LogP) is 2.64. The lowest BCUT2D eigenvalue weighted by molar-refractivity contribution is -0.130. The van der Waals surface area contributed by atoms with E-state index in [1.54, 1.807) is 28.3 Å². The number of carbonyl (C=O) groups is 1. The fraction of sp³-hybridized carbons (Fsp3) is 0.619. The van der Waals surface area contributed by atoms with Gasteiger partial charge in [0.15, 0.2) is 12.6 Å². The third kappa shape index (κ3) is 8.38. The Bertz CT molecular complexity index is 663. The Morgan fingerprint density at radius 3 is 2.62 bits per heavy atom. The monoisotopic (exact) mass is 518 g/mol. The lowest BCUT2D eigenvalue weighted by Gasteiger charge is -2.42. The number of likely N-dealkylation sites (N-methyl/N-ethyl adjacent to an activating group) is 1. The summed E-state index contributed by atoms with van der Waals surface area (Å²) in [6.07, 6.45) is 4.86. The Balaban J connectivity index is 0.00000420. The van der Waals surface area contributed by atoms with E-state index < -0.39 is 0 Å². The van der Waals surface area contributed by atoms with Crippen LogP contribution in [0.3, 0.4) is 0 Å². The molecule has 8 heteroatoms. The summed E-state index contributed by atoms with van der Waals surface area (Å²) in [6, 6.07) is 7.74. The van der Waals surface area contributed by atoms with E-state index in [1.807, 2.05) is 24.3 Å². The van der Waals surface area contributed by atoms with Gasteiger partial charge in [-0.25, -0.2) is 0 Å². The molecule has 1 fully saturated rings. The van der Waals surface area contributed by atoms with E-state index in [9.17, 15) is 4.79 Å². The van der Waals surface area contributed by atoms with E-state index in [-0.39, 0.29) is 36.5 Å². The molecule has 1 aromatic carbocycles. The number of guanidine groups is 1. The van der Waals surface area contributed by atoms with Crippen molar-refractivity contribution < 1.29 is 14.3 Å². The molecule has 0 heterocycles. The van der Waals surface area contributed by atoms with Crippen molar-refractivity contribution in [2.45, 2.75) is 32.2 Å². The number of hydrogen-bond acceptors (Lipinski definition) is 4. The minimum Gasteiger partial charge on any atom is -0.484 e. The smallest absolute Gasteiger partial charge is 0.259 e. The molecule has 1 amide bonds. The van der Waals surface area contributed by atoms with Crippen LogP contribution in [0.5, 0.6) is 5.75 Å². The standard InChI is InChI=1S/C21H34N4O3.HI/c1-22-20(24-16-21(9-6-10-21)11-12-27-4)23-14-17-7-5-8-18(13-17)28-15-19(26)25(2)3;/h5,7-8,13H,6,9-12,14-16H2,1-4H3,(H2,22,23,24);1H. The molecule has 164 valence electrons. The van der Waals surface area contributed by atoms with Crippen molar-refractivity contribution in [3.8, 4) is 5.75 Å². The Labute approximate surface area is 191 Å². The first-order valence-electron chi connectivity index (χ1n) is 9.83. The van der Waals surface area contributed by atoms with Gasteiger partial charge in [-0.05, 0) is 42.4 Å². The third-order valence-electron chi connectivity index (χ3n) is 5.32. The van der Waals surface area contributed by atoms with E-state index in [0.29, 0.717) is 17.7 Å². The molecule has 1 aromatic rings. The van der Waals surface area contributed by atoms with Crippen molar-refractivity contribution in [1.29, 1.82) is 0 Å². The maximum Gasteiger partial charge on any atom is 0.259 e. The van der Waals surface area contributed by atoms with Crippen LogP contribution in [0, 0.1) is 5.41 Å². The van der Waals surface area contributed by atoms with Crippen LogP contribution in [0.4, 0.5) is 0 Å². The zero-order chi connectivity index (χ0) is 20.4. The van der Waals surface area contributed by atoms with Gasteiger partial charge in [-0.2, -0.15) is 0 Å². The number of carbonyl (C=O) groups excluding carboxylic acids is 1. The normalized spacial score (nSPS) is 15.0. The van der Waals surface area contributed by atoms with Gasteiger partial charge in [-0.15, -0.1) is 24.0 Å². The summed E-state index contributed by atoms with van der Waals surface area (Å²) < 4.78 is 10.8. The van der Waals surface area contributed by atoms with Crippen molar-refractivity contribution in [2.75, 3.05) is 48.0 Å². The van der Waals surface area contributed by atoms with Crippen molar-refractivity contribution in [1.82, 2.24) is 15.5 Å². The highest BCUT2D eigenvalue weighted by Gasteiger charge is 2.36. The molecule has 0 aliphatic heterocycles. The number of aliphatic imine (C=N–C) groups is 1. The van der Waals surface area contributed by atoms with Gasteiger partial charge >= 0.3 is 0 Å². The van der Waals surface area contributed by atoms with Crippen LogP contribution >= 0.6 is 24.0 Å². The van der Waals surface area contributed by atoms with Crippen molar-refractivity contribution >= 4 is 35.8 Å². The van der Waals surface area contributed by atoms with Crippen LogP contribution in [0.25, 0.3) is 0 Å². The second-order valence-corrected chi connectivity index (χ2v) is 7.60. The minimum atomic E-state index is -0.0634. The van der Waals surface area contributed by atoms with Crippen LogP contribution in [0.15, 0.2) is 29.3 Å². The van der Waals surface area contributed by atoms with Crippen molar-refractivity contribution in [3.63, 3.8) is 0 Å². The summed E-state index contributed by atoms with van der Waals surface area (Å²) in [4.78, 5) is 17.5. The summed E-state index contributed by atoms with van der Waals surface area (Å²) in [7, 11) is 6.97. The van der Waals surface area contributed by atoms with Crippen LogP contribution < -0.4 is 15.4 Å². The highest BCUT2D eigenvalue weighted by Crippen LogP contribution is 2.43. The largest absolute Gasteiger partial charge is 0.484 e. The number of rotatable bonds is 10. The van der Waals surface area contributed by atoms with Crippen LogP contribution in [0.1, 0.15) is 31.2 Å². The molecule has 1 aliphatic rings. The second-order valence-electron chi connectivity index (χ2n) is 7.60. The zero-order valence-corrected chi connectivity index (χ0v) is 20.3. The number of benzene rings is 1. The van der Waals surface area contributed by atoms with Gasteiger partial charge in [-0.1, -0.05) is 18.6 Å². The minimum absolute atomic E-state index is 0. The van der Waals surface area contributed by atoms with E-state index >= 15 is 0 Å². The van der Waals surface area contributed by atoms with Gasteiger partial charge < -0.3 is 25.0 Å². The molecule has 7 nitrogen and oxygen atoms in total. The first kappa shape index (κ1) is 25.5. The molecule has 0 unspecified atom stereocenters. The van der Waals surface area contributed by atoms with Crippen LogP contribution in [-0.2, 0) is 16.1 Å². The molecule has 0 spiro atoms. The van der Waals surface area contributed by atoms with E-state index in [0.717, 1.165) is 31.1 Å². The number of nitrogens with one attached hydrogen (secondary N) is 2. The van der Waals surface area contributed by atoms with E-state index in [4.69, 9.17) is 9.47 Å².